The predicted molar refractivity (Wildman–Crippen MR) is 151 cm³/mol. The lowest BCUT2D eigenvalue weighted by Crippen LogP contribution is -2.53. The van der Waals surface area contributed by atoms with Gasteiger partial charge in [-0.1, -0.05) is 65.0 Å². The minimum atomic E-state index is -1.89. The lowest BCUT2D eigenvalue weighted by atomic mass is 9.84. The van der Waals surface area contributed by atoms with Crippen LogP contribution in [0.2, 0.25) is 5.02 Å². The number of aromatic nitrogens is 2. The van der Waals surface area contributed by atoms with Crippen LogP contribution in [0.3, 0.4) is 0 Å². The van der Waals surface area contributed by atoms with Crippen molar-refractivity contribution in [2.45, 2.75) is 15.6 Å². The molecule has 5 aromatic rings. The molecular formula is C28H16ClFN4O4S2. The molecule has 4 heterocycles. The molecule has 0 saturated carbocycles. The van der Waals surface area contributed by atoms with Gasteiger partial charge in [0.15, 0.2) is 15.3 Å². The smallest absolute Gasteiger partial charge is 0.297 e. The van der Waals surface area contributed by atoms with Crippen LogP contribution < -0.4 is 15.2 Å². The van der Waals surface area contributed by atoms with Crippen LogP contribution in [0.5, 0.6) is 0 Å². The maximum atomic E-state index is 14.2. The minimum Gasteiger partial charge on any atom is -0.450 e. The van der Waals surface area contributed by atoms with Crippen LogP contribution >= 0.6 is 34.7 Å². The number of carbonyl (C=O) groups is 2. The summed E-state index contributed by atoms with van der Waals surface area (Å²) in [5.74, 6) is -1.59. The number of carbonyl (C=O) groups excluding carboxylic acids is 2. The number of rotatable bonds is 4. The highest BCUT2D eigenvalue weighted by Crippen LogP contribution is 2.54. The largest absolute Gasteiger partial charge is 0.450 e. The van der Waals surface area contributed by atoms with Gasteiger partial charge in [0, 0.05) is 29.1 Å². The minimum absolute atomic E-state index is 0.0408. The van der Waals surface area contributed by atoms with Crippen LogP contribution in [-0.2, 0) is 16.1 Å². The molecule has 3 aromatic carbocycles. The molecule has 40 heavy (non-hydrogen) atoms. The molecule has 1 spiro atoms. The summed E-state index contributed by atoms with van der Waals surface area (Å²) in [7, 11) is 1.58. The third-order valence-electron chi connectivity index (χ3n) is 7.08. The highest BCUT2D eigenvalue weighted by atomic mass is 35.5. The Morgan fingerprint density at radius 3 is 2.62 bits per heavy atom. The molecule has 1 atom stereocenters. The number of anilines is 2. The van der Waals surface area contributed by atoms with Crippen molar-refractivity contribution < 1.29 is 18.4 Å². The molecule has 12 heteroatoms. The van der Waals surface area contributed by atoms with Gasteiger partial charge >= 0.3 is 0 Å². The maximum absolute atomic E-state index is 14.2. The Morgan fingerprint density at radius 2 is 1.82 bits per heavy atom. The van der Waals surface area contributed by atoms with Gasteiger partial charge in [0.05, 0.1) is 10.9 Å². The Morgan fingerprint density at radius 1 is 1.05 bits per heavy atom. The fourth-order valence-corrected chi connectivity index (χ4v) is 7.29. The summed E-state index contributed by atoms with van der Waals surface area (Å²) in [5, 5.41) is 9.24. The van der Waals surface area contributed by atoms with Crippen LogP contribution in [0, 0.1) is 5.82 Å². The van der Waals surface area contributed by atoms with Crippen molar-refractivity contribution in [2.75, 3.05) is 16.8 Å². The van der Waals surface area contributed by atoms with E-state index in [4.69, 9.17) is 16.0 Å². The van der Waals surface area contributed by atoms with E-state index in [0.29, 0.717) is 26.4 Å². The summed E-state index contributed by atoms with van der Waals surface area (Å²) in [6.07, 6.45) is 0. The Labute approximate surface area is 239 Å². The maximum Gasteiger partial charge on any atom is 0.297 e. The molecule has 7 rings (SSSR count). The normalized spacial score (nSPS) is 17.8. The zero-order valence-corrected chi connectivity index (χ0v) is 22.9. The van der Waals surface area contributed by atoms with Gasteiger partial charge in [-0.25, -0.2) is 4.39 Å². The molecule has 8 nitrogen and oxygen atoms in total. The summed E-state index contributed by atoms with van der Waals surface area (Å²) in [6.45, 7) is 0. The van der Waals surface area contributed by atoms with E-state index in [0.717, 1.165) is 29.0 Å². The van der Waals surface area contributed by atoms with E-state index >= 15 is 0 Å². The Kier molecular flexibility index (Phi) is 5.60. The molecule has 198 valence electrons. The van der Waals surface area contributed by atoms with Gasteiger partial charge in [-0.05, 0) is 42.0 Å². The van der Waals surface area contributed by atoms with Crippen molar-refractivity contribution in [1.82, 2.24) is 10.2 Å². The second-order valence-electron chi connectivity index (χ2n) is 9.27. The SMILES string of the molecule is CN1C(=O)C2(c3ccccc31)c1c(oc3ccc(F)cc3c1=O)C(=O)N2c1nnc(SCc2ccc(Cl)cc2)s1. The van der Waals surface area contributed by atoms with Crippen LogP contribution in [-0.4, -0.2) is 29.1 Å². The predicted octanol–water partition coefficient (Wildman–Crippen LogP) is 5.61. The zero-order chi connectivity index (χ0) is 27.8. The number of para-hydroxylation sites is 1. The first-order valence-corrected chi connectivity index (χ1v) is 14.2. The van der Waals surface area contributed by atoms with Crippen molar-refractivity contribution in [3.63, 3.8) is 0 Å². The van der Waals surface area contributed by atoms with Crippen molar-refractivity contribution in [1.29, 1.82) is 0 Å². The van der Waals surface area contributed by atoms with E-state index in [2.05, 4.69) is 10.2 Å². The number of halogens is 2. The zero-order valence-electron chi connectivity index (χ0n) is 20.6. The highest BCUT2D eigenvalue weighted by Gasteiger charge is 2.66. The van der Waals surface area contributed by atoms with Crippen molar-refractivity contribution in [3.8, 4) is 0 Å². The molecule has 0 aliphatic carbocycles. The fourth-order valence-electron chi connectivity index (χ4n) is 5.32. The summed E-state index contributed by atoms with van der Waals surface area (Å²) < 4.78 is 20.7. The fraction of sp³-hybridized carbons (Fsp3) is 0.107. The first kappa shape index (κ1) is 24.9. The molecule has 0 bridgehead atoms. The van der Waals surface area contributed by atoms with Gasteiger partial charge in [-0.2, -0.15) is 0 Å². The van der Waals surface area contributed by atoms with Gasteiger partial charge < -0.3 is 9.32 Å². The summed E-state index contributed by atoms with van der Waals surface area (Å²) in [6, 6.07) is 17.8. The summed E-state index contributed by atoms with van der Waals surface area (Å²) >= 11 is 8.52. The van der Waals surface area contributed by atoms with Crippen molar-refractivity contribution in [3.05, 3.63) is 110 Å². The molecule has 0 fully saturated rings. The summed E-state index contributed by atoms with van der Waals surface area (Å²) in [4.78, 5) is 44.9. The molecular weight excluding hydrogens is 575 g/mol. The highest BCUT2D eigenvalue weighted by molar-refractivity contribution is 8.00. The topological polar surface area (TPSA) is 96.6 Å². The number of nitrogens with zero attached hydrogens (tertiary/aromatic N) is 4. The van der Waals surface area contributed by atoms with Crippen LogP contribution in [0.15, 0.2) is 80.3 Å². The second kappa shape index (κ2) is 8.98. The van der Waals surface area contributed by atoms with Gasteiger partial charge in [0.1, 0.15) is 11.4 Å². The van der Waals surface area contributed by atoms with E-state index < -0.39 is 28.6 Å². The molecule has 1 unspecified atom stereocenters. The lowest BCUT2D eigenvalue weighted by molar-refractivity contribution is -0.121. The number of hydrogen-bond acceptors (Lipinski definition) is 8. The standard InChI is InChI=1S/C28H16ClFN4O4S2/c1-33-19-5-3-2-4-18(19)28(25(33)37)21-22(35)17-12-16(30)10-11-20(17)38-23(21)24(36)34(28)26-31-32-27(40-26)39-13-14-6-8-15(29)9-7-14/h2-12H,13H2,1H3. The Balaban J connectivity index is 1.42. The van der Waals surface area contributed by atoms with Crippen molar-refractivity contribution in [2.24, 2.45) is 0 Å². The molecule has 0 saturated heterocycles. The van der Waals surface area contributed by atoms with E-state index in [-0.39, 0.29) is 27.4 Å². The number of fused-ring (bicyclic) bond motifs is 5. The third kappa shape index (κ3) is 3.41. The molecule has 2 aliphatic rings. The van der Waals surface area contributed by atoms with Crippen LogP contribution in [0.4, 0.5) is 15.2 Å². The van der Waals surface area contributed by atoms with Gasteiger partial charge in [0.2, 0.25) is 10.9 Å². The van der Waals surface area contributed by atoms with E-state index in [1.165, 1.54) is 27.6 Å². The molecule has 0 radical (unpaired) electrons. The molecule has 2 aliphatic heterocycles. The first-order valence-electron chi connectivity index (χ1n) is 12.0. The average Bonchev–Trinajstić information content (AvgIpc) is 3.59. The third-order valence-corrected chi connectivity index (χ3v) is 9.44. The quantitative estimate of drug-likeness (QED) is 0.198. The van der Waals surface area contributed by atoms with E-state index in [1.807, 2.05) is 12.1 Å². The van der Waals surface area contributed by atoms with Gasteiger partial charge in [-0.15, -0.1) is 10.2 Å². The number of thioether (sulfide) groups is 1. The lowest BCUT2D eigenvalue weighted by Gasteiger charge is -2.31. The van der Waals surface area contributed by atoms with Gasteiger partial charge in [-0.3, -0.25) is 19.3 Å². The number of benzene rings is 3. The van der Waals surface area contributed by atoms with E-state index in [1.54, 1.807) is 43.4 Å². The Bertz CT molecular complexity index is 1940. The Hall–Kier alpha value is -4.06. The average molecular weight is 591 g/mol. The summed E-state index contributed by atoms with van der Waals surface area (Å²) in [5.41, 5.74) is -0.713. The first-order chi connectivity index (χ1) is 19.3. The van der Waals surface area contributed by atoms with E-state index in [9.17, 15) is 18.8 Å². The molecule has 0 N–H and O–H groups in total. The number of amides is 2. The molecule has 2 aromatic heterocycles. The van der Waals surface area contributed by atoms with Crippen molar-refractivity contribution >= 4 is 68.3 Å². The number of likely N-dealkylation sites (N-methyl/N-ethyl adjacent to an activating group) is 1. The molecule has 2 amide bonds. The monoisotopic (exact) mass is 590 g/mol. The second-order valence-corrected chi connectivity index (χ2v) is 11.9. The van der Waals surface area contributed by atoms with Crippen LogP contribution in [0.25, 0.3) is 11.0 Å². The number of hydrogen-bond donors (Lipinski definition) is 0. The van der Waals surface area contributed by atoms with Crippen LogP contribution in [0.1, 0.15) is 27.2 Å². The van der Waals surface area contributed by atoms with Gasteiger partial charge in [0.25, 0.3) is 11.8 Å².